The Morgan fingerprint density at radius 2 is 1.69 bits per heavy atom. The molecule has 246 valence electrons. The zero-order valence-corrected chi connectivity index (χ0v) is 27.1. The maximum atomic E-state index is 14.5. The summed E-state index contributed by atoms with van der Waals surface area (Å²) in [5, 5.41) is 14.6. The van der Waals surface area contributed by atoms with E-state index in [1.807, 2.05) is 24.3 Å². The number of esters is 2. The Bertz CT molecular complexity index is 2000. The summed E-state index contributed by atoms with van der Waals surface area (Å²) in [5.41, 5.74) is 4.46. The van der Waals surface area contributed by atoms with Crippen LogP contribution in [0.25, 0.3) is 22.5 Å². The third-order valence-electron chi connectivity index (χ3n) is 9.72. The van der Waals surface area contributed by atoms with E-state index in [0.717, 1.165) is 65.6 Å². The van der Waals surface area contributed by atoms with Gasteiger partial charge in [0, 0.05) is 23.2 Å². The van der Waals surface area contributed by atoms with Crippen LogP contribution in [0, 0.1) is 0 Å². The summed E-state index contributed by atoms with van der Waals surface area (Å²) in [6.07, 6.45) is 5.66. The molecule has 48 heavy (non-hydrogen) atoms. The number of H-pyrrole nitrogens is 1. The largest absolute Gasteiger partial charge is 0.462 e. The number of para-hydroxylation sites is 1. The molecule has 5 aromatic rings. The van der Waals surface area contributed by atoms with Crippen LogP contribution in [0.4, 0.5) is 0 Å². The van der Waals surface area contributed by atoms with Crippen molar-refractivity contribution < 1.29 is 19.1 Å². The zero-order valence-electron chi connectivity index (χ0n) is 27.1. The van der Waals surface area contributed by atoms with Gasteiger partial charge in [-0.25, -0.2) is 14.3 Å². The molecule has 2 aliphatic heterocycles. The first kappa shape index (κ1) is 31.3. The molecule has 3 aliphatic rings. The number of hydrogen-bond acceptors (Lipinski definition) is 8. The lowest BCUT2D eigenvalue weighted by Gasteiger charge is -2.47. The first-order valence-electron chi connectivity index (χ1n) is 16.7. The van der Waals surface area contributed by atoms with Gasteiger partial charge in [-0.3, -0.25) is 9.48 Å². The highest BCUT2D eigenvalue weighted by Crippen LogP contribution is 2.47. The Labute approximate surface area is 277 Å². The summed E-state index contributed by atoms with van der Waals surface area (Å²) >= 11 is 0. The van der Waals surface area contributed by atoms with Gasteiger partial charge in [0.2, 0.25) is 5.82 Å². The fourth-order valence-electron chi connectivity index (χ4n) is 7.35. The lowest BCUT2D eigenvalue weighted by molar-refractivity contribution is -0.152. The number of aromatic nitrogens is 6. The molecule has 11 heteroatoms. The zero-order chi connectivity index (χ0) is 33.3. The Kier molecular flexibility index (Phi) is 8.51. The summed E-state index contributed by atoms with van der Waals surface area (Å²) in [7, 11) is 0. The van der Waals surface area contributed by atoms with Gasteiger partial charge in [0.15, 0.2) is 5.54 Å². The van der Waals surface area contributed by atoms with Crippen LogP contribution in [-0.4, -0.2) is 48.5 Å². The van der Waals surface area contributed by atoms with E-state index in [-0.39, 0.29) is 29.5 Å². The predicted molar refractivity (Wildman–Crippen MR) is 179 cm³/mol. The molecule has 1 aliphatic carbocycles. The van der Waals surface area contributed by atoms with Crippen LogP contribution in [0.15, 0.2) is 77.6 Å². The van der Waals surface area contributed by atoms with Crippen LogP contribution >= 0.6 is 0 Å². The van der Waals surface area contributed by atoms with Gasteiger partial charge in [0.1, 0.15) is 11.3 Å². The van der Waals surface area contributed by atoms with Crippen LogP contribution in [0.1, 0.15) is 85.6 Å². The highest BCUT2D eigenvalue weighted by Gasteiger charge is 2.53. The van der Waals surface area contributed by atoms with E-state index in [9.17, 15) is 14.4 Å². The molecule has 11 nitrogen and oxygen atoms in total. The van der Waals surface area contributed by atoms with Crippen molar-refractivity contribution in [3.05, 3.63) is 106 Å². The lowest BCUT2D eigenvalue weighted by atomic mass is 9.77. The van der Waals surface area contributed by atoms with Crippen molar-refractivity contribution in [2.24, 2.45) is 0 Å². The van der Waals surface area contributed by atoms with Crippen LogP contribution in [0.5, 0.6) is 5.75 Å². The van der Waals surface area contributed by atoms with Crippen molar-refractivity contribution in [3.8, 4) is 28.3 Å². The van der Waals surface area contributed by atoms with Crippen molar-refractivity contribution in [3.63, 3.8) is 0 Å². The second-order valence-corrected chi connectivity index (χ2v) is 12.5. The topological polar surface area (TPSA) is 134 Å². The summed E-state index contributed by atoms with van der Waals surface area (Å²) < 4.78 is 15.0. The molecular weight excluding hydrogens is 608 g/mol. The third-order valence-corrected chi connectivity index (χ3v) is 9.72. The van der Waals surface area contributed by atoms with E-state index >= 15 is 0 Å². The van der Waals surface area contributed by atoms with E-state index in [4.69, 9.17) is 9.47 Å². The van der Waals surface area contributed by atoms with E-state index in [2.05, 4.69) is 56.5 Å². The van der Waals surface area contributed by atoms with E-state index in [1.54, 1.807) is 35.9 Å². The minimum atomic E-state index is -1.16. The van der Waals surface area contributed by atoms with Gasteiger partial charge in [-0.05, 0) is 79.5 Å². The van der Waals surface area contributed by atoms with Crippen LogP contribution < -0.4 is 10.3 Å². The molecule has 4 heterocycles. The average Bonchev–Trinajstić information content (AvgIpc) is 3.76. The van der Waals surface area contributed by atoms with Crippen LogP contribution in [-0.2, 0) is 27.9 Å². The van der Waals surface area contributed by atoms with Crippen molar-refractivity contribution in [1.82, 2.24) is 30.0 Å². The Balaban J connectivity index is 1.24. The van der Waals surface area contributed by atoms with Crippen LogP contribution in [0.2, 0.25) is 0 Å². The Morgan fingerprint density at radius 1 is 0.958 bits per heavy atom. The van der Waals surface area contributed by atoms with Gasteiger partial charge in [0.25, 0.3) is 5.56 Å². The maximum Gasteiger partial charge on any atom is 0.341 e. The highest BCUT2D eigenvalue weighted by atomic mass is 16.6. The van der Waals surface area contributed by atoms with E-state index in [0.29, 0.717) is 25.1 Å². The number of unbranched alkanes of at least 4 members (excludes halogenated alkanes) is 1. The summed E-state index contributed by atoms with van der Waals surface area (Å²) in [6, 6.07) is 22.9. The molecule has 0 saturated heterocycles. The molecule has 0 atom stereocenters. The fraction of sp³-hybridized carbons (Fsp3) is 0.351. The number of nitrogens with zero attached hydrogens (tertiary/aromatic N) is 5. The van der Waals surface area contributed by atoms with Crippen molar-refractivity contribution >= 4 is 11.9 Å². The SMILES string of the molecule is CCCCc1c(Cc2ccc(-c3ccccc3-c3nn[nH]n3)cc2)c(=O)n2n1C1CCC2(C(=O)Oc2ccccc2C(=O)OCC)CC1. The van der Waals surface area contributed by atoms with Crippen LogP contribution in [0.3, 0.4) is 0 Å². The Morgan fingerprint density at radius 3 is 2.40 bits per heavy atom. The number of hydrogen-bond donors (Lipinski definition) is 1. The van der Waals surface area contributed by atoms with Gasteiger partial charge >= 0.3 is 11.9 Å². The summed E-state index contributed by atoms with van der Waals surface area (Å²) in [6.45, 7) is 4.07. The van der Waals surface area contributed by atoms with E-state index < -0.39 is 17.5 Å². The number of rotatable bonds is 11. The minimum absolute atomic E-state index is 0.140. The number of carbonyl (C=O) groups excluding carboxylic acids is 2. The molecule has 3 aromatic carbocycles. The number of fused-ring (bicyclic) bond motifs is 2. The molecule has 2 aromatic heterocycles. The molecule has 0 spiro atoms. The first-order chi connectivity index (χ1) is 23.4. The van der Waals surface area contributed by atoms with Crippen molar-refractivity contribution in [2.45, 2.75) is 76.8 Å². The molecular formula is C37H38N6O5. The number of ether oxygens (including phenoxy) is 2. The number of benzene rings is 3. The number of aromatic amines is 1. The molecule has 1 fully saturated rings. The number of carbonyl (C=O) groups is 2. The number of tetrazole rings is 1. The van der Waals surface area contributed by atoms with Gasteiger partial charge in [-0.15, -0.1) is 10.2 Å². The Hall–Kier alpha value is -5.32. The molecule has 0 radical (unpaired) electrons. The minimum Gasteiger partial charge on any atom is -0.462 e. The van der Waals surface area contributed by atoms with Gasteiger partial charge in [0.05, 0.1) is 12.6 Å². The third kappa shape index (κ3) is 5.42. The first-order valence-corrected chi connectivity index (χ1v) is 16.7. The molecule has 8 rings (SSSR count). The highest BCUT2D eigenvalue weighted by molar-refractivity contribution is 5.94. The number of nitrogens with one attached hydrogen (secondary N) is 1. The predicted octanol–water partition coefficient (Wildman–Crippen LogP) is 6.04. The standard InChI is InChI=1S/C37H38N6O5/c1-3-5-13-31-30(23-24-15-17-25(18-16-24)27-10-6-7-11-28(27)33-38-40-41-39-33)34(44)43-37(21-19-26(20-22-37)42(31)43)36(46)48-32-14-9-8-12-29(32)35(45)47-4-2/h6-12,14-18,26H,3-5,13,19-23H2,1-2H3,(H,38,39,40,41). The maximum absolute atomic E-state index is 14.5. The molecule has 2 bridgehead atoms. The fourth-order valence-corrected chi connectivity index (χ4v) is 7.35. The van der Waals surface area contributed by atoms with Gasteiger partial charge in [-0.1, -0.05) is 74.0 Å². The monoisotopic (exact) mass is 646 g/mol. The second kappa shape index (κ2) is 13.1. The molecule has 0 amide bonds. The normalized spacial score (nSPS) is 18.0. The lowest BCUT2D eigenvalue weighted by Crippen LogP contribution is -2.58. The van der Waals surface area contributed by atoms with Crippen molar-refractivity contribution in [1.29, 1.82) is 0 Å². The quantitative estimate of drug-likeness (QED) is 0.136. The second-order valence-electron chi connectivity index (χ2n) is 12.5. The molecule has 1 saturated carbocycles. The summed E-state index contributed by atoms with van der Waals surface area (Å²) in [5.74, 6) is -0.410. The van der Waals surface area contributed by atoms with Gasteiger partial charge < -0.3 is 9.47 Å². The van der Waals surface area contributed by atoms with E-state index in [1.165, 1.54) is 0 Å². The summed E-state index contributed by atoms with van der Waals surface area (Å²) in [4.78, 5) is 41.4. The smallest absolute Gasteiger partial charge is 0.341 e. The molecule has 0 unspecified atom stereocenters. The average molecular weight is 647 g/mol. The van der Waals surface area contributed by atoms with Gasteiger partial charge in [-0.2, -0.15) is 5.21 Å². The van der Waals surface area contributed by atoms with Crippen molar-refractivity contribution in [2.75, 3.05) is 6.61 Å². The molecule has 1 N–H and O–H groups in total.